The van der Waals surface area contributed by atoms with Crippen LogP contribution in [0.4, 0.5) is 8.78 Å². The van der Waals surface area contributed by atoms with E-state index >= 15 is 0 Å². The van der Waals surface area contributed by atoms with Gasteiger partial charge in [-0.2, -0.15) is 0 Å². The van der Waals surface area contributed by atoms with Gasteiger partial charge < -0.3 is 19.7 Å². The number of rotatable bonds is 13. The van der Waals surface area contributed by atoms with Crippen molar-refractivity contribution in [3.8, 4) is 17.2 Å². The lowest BCUT2D eigenvalue weighted by Crippen LogP contribution is -2.40. The predicted octanol–water partition coefficient (Wildman–Crippen LogP) is 12.0. The summed E-state index contributed by atoms with van der Waals surface area (Å²) in [5.74, 6) is -0.974. The maximum atomic E-state index is 14.4. The minimum atomic E-state index is -1.76. The fraction of sp³-hybridized carbons (Fsp3) is 0.587. The lowest BCUT2D eigenvalue weighted by atomic mass is 9.71. The van der Waals surface area contributed by atoms with Crippen molar-refractivity contribution in [1.82, 2.24) is 0 Å². The smallest absolute Gasteiger partial charge is 0.168 e. The van der Waals surface area contributed by atoms with Gasteiger partial charge in [-0.25, -0.2) is 8.78 Å². The van der Waals surface area contributed by atoms with Gasteiger partial charge in [-0.1, -0.05) is 110 Å². The molecule has 3 aromatic carbocycles. The Morgan fingerprint density at radius 1 is 0.642 bits per heavy atom. The van der Waals surface area contributed by atoms with Crippen LogP contribution in [0.1, 0.15) is 168 Å². The third-order valence-electron chi connectivity index (χ3n) is 9.88. The normalized spacial score (nSPS) is 13.8. The molecule has 0 aliphatic carbocycles. The lowest BCUT2D eigenvalue weighted by Gasteiger charge is -2.39. The highest BCUT2D eigenvalue weighted by Crippen LogP contribution is 2.48. The molecule has 0 saturated heterocycles. The van der Waals surface area contributed by atoms with E-state index in [1.165, 1.54) is 6.21 Å². The largest absolute Gasteiger partial charge is 0.504 e. The minimum Gasteiger partial charge on any atom is -0.504 e. The molecule has 5 nitrogen and oxygen atoms in total. The van der Waals surface area contributed by atoms with Crippen molar-refractivity contribution < 1.29 is 28.5 Å². The number of aromatic hydroxyl groups is 1. The number of halogens is 2. The Hall–Kier alpha value is -3.45. The number of ether oxygens (including phenoxy) is 2. The second kappa shape index (κ2) is 16.5. The molecule has 0 amide bonds. The summed E-state index contributed by atoms with van der Waals surface area (Å²) < 4.78 is 42.0. The molecule has 0 aliphatic heterocycles. The van der Waals surface area contributed by atoms with Crippen molar-refractivity contribution in [3.05, 3.63) is 87.0 Å². The molecule has 0 fully saturated rings. The van der Waals surface area contributed by atoms with Crippen LogP contribution in [0.25, 0.3) is 0 Å². The van der Waals surface area contributed by atoms with Crippen LogP contribution in [-0.4, -0.2) is 35.7 Å². The van der Waals surface area contributed by atoms with Crippen molar-refractivity contribution >= 4 is 6.21 Å². The molecular weight excluding hydrogens is 669 g/mol. The van der Waals surface area contributed by atoms with E-state index in [4.69, 9.17) is 14.5 Å². The molecule has 0 aromatic heterocycles. The second-order valence-electron chi connectivity index (χ2n) is 18.8. The van der Waals surface area contributed by atoms with E-state index in [1.807, 2.05) is 24.3 Å². The van der Waals surface area contributed by atoms with E-state index in [1.54, 1.807) is 6.92 Å². The van der Waals surface area contributed by atoms with Crippen LogP contribution < -0.4 is 9.47 Å². The standard InChI is InChI=1S/C46H67F2NO4/c1-16-18-20-52-40-34(42(4,5)6)23-31(24-35(40)43(7,8)9)46(51,29(3)49-28-30-22-33(47)27-38(48)39(30)50)32-25-36(44(10,11)12)41(53-21-19-17-2)37(26-32)45(13,14)15/h22-29,50-51H,16-21H2,1-15H3. The molecular formula is C46H67F2NO4. The van der Waals surface area contributed by atoms with E-state index in [9.17, 15) is 19.0 Å². The predicted molar refractivity (Wildman–Crippen MR) is 217 cm³/mol. The van der Waals surface area contributed by atoms with Gasteiger partial charge in [-0.05, 0) is 82.9 Å². The lowest BCUT2D eigenvalue weighted by molar-refractivity contribution is 0.0581. The molecule has 3 aromatic rings. The zero-order valence-corrected chi connectivity index (χ0v) is 35.3. The van der Waals surface area contributed by atoms with Crippen LogP contribution in [0.2, 0.25) is 0 Å². The Kier molecular flexibility index (Phi) is 13.7. The first-order chi connectivity index (χ1) is 24.3. The van der Waals surface area contributed by atoms with Crippen molar-refractivity contribution in [2.24, 2.45) is 4.99 Å². The van der Waals surface area contributed by atoms with Crippen molar-refractivity contribution in [1.29, 1.82) is 0 Å². The highest BCUT2D eigenvalue weighted by Gasteiger charge is 2.43. The number of aliphatic hydroxyl groups is 1. The second-order valence-corrected chi connectivity index (χ2v) is 18.8. The first-order valence-corrected chi connectivity index (χ1v) is 19.4. The van der Waals surface area contributed by atoms with Gasteiger partial charge >= 0.3 is 0 Å². The third-order valence-corrected chi connectivity index (χ3v) is 9.88. The molecule has 0 heterocycles. The Morgan fingerprint density at radius 2 is 1.00 bits per heavy atom. The third kappa shape index (κ3) is 10.2. The molecule has 53 heavy (non-hydrogen) atoms. The van der Waals surface area contributed by atoms with Crippen molar-refractivity contribution in [3.63, 3.8) is 0 Å². The summed E-state index contributed by atoms with van der Waals surface area (Å²) in [4.78, 5) is 4.77. The maximum absolute atomic E-state index is 14.4. The highest BCUT2D eigenvalue weighted by atomic mass is 19.1. The Balaban J connectivity index is 2.58. The van der Waals surface area contributed by atoms with Crippen molar-refractivity contribution in [2.45, 2.75) is 163 Å². The summed E-state index contributed by atoms with van der Waals surface area (Å²) in [7, 11) is 0. The fourth-order valence-corrected chi connectivity index (χ4v) is 6.51. The van der Waals surface area contributed by atoms with Crippen LogP contribution in [0, 0.1) is 11.6 Å². The van der Waals surface area contributed by atoms with Crippen LogP contribution in [-0.2, 0) is 27.3 Å². The van der Waals surface area contributed by atoms with E-state index < -0.39 is 29.0 Å². The molecule has 3 rings (SSSR count). The van der Waals surface area contributed by atoms with Gasteiger partial charge in [-0.3, -0.25) is 4.99 Å². The number of benzene rings is 3. The summed E-state index contributed by atoms with van der Waals surface area (Å²) in [6.45, 7) is 32.9. The molecule has 0 aliphatic rings. The zero-order chi connectivity index (χ0) is 40.3. The SMILES string of the molecule is CCCCOc1c(C(C)(C)C)cc(C(O)(c2cc(C(C)(C)C)c(OCCCC)c(C(C)(C)C)c2)C(C)N=Cc2cc(F)cc(F)c2O)cc1C(C)(C)C. The molecule has 0 bridgehead atoms. The quantitative estimate of drug-likeness (QED) is 0.135. The fourth-order valence-electron chi connectivity index (χ4n) is 6.51. The number of hydrogen-bond acceptors (Lipinski definition) is 5. The number of aliphatic imine (C=N–C) groups is 1. The Labute approximate surface area is 319 Å². The first-order valence-electron chi connectivity index (χ1n) is 19.4. The van der Waals surface area contributed by atoms with Crippen molar-refractivity contribution in [2.75, 3.05) is 13.2 Å². The van der Waals surface area contributed by atoms with Gasteiger partial charge in [0.25, 0.3) is 0 Å². The van der Waals surface area contributed by atoms with Crippen LogP contribution in [0.15, 0.2) is 41.4 Å². The first kappa shape index (κ1) is 44.0. The zero-order valence-electron chi connectivity index (χ0n) is 35.3. The summed E-state index contributed by atoms with van der Waals surface area (Å²) in [5, 5.41) is 24.1. The molecule has 0 saturated carbocycles. The highest BCUT2D eigenvalue weighted by molar-refractivity contribution is 5.83. The van der Waals surface area contributed by atoms with Gasteiger partial charge in [0.05, 0.1) is 19.3 Å². The number of unbranched alkanes of at least 4 members (excludes halogenated alkanes) is 2. The van der Waals surface area contributed by atoms with Crippen LogP contribution in [0.5, 0.6) is 17.2 Å². The topological polar surface area (TPSA) is 71.3 Å². The molecule has 0 spiro atoms. The molecule has 294 valence electrons. The van der Waals surface area contributed by atoms with Crippen LogP contribution >= 0.6 is 0 Å². The number of hydrogen-bond donors (Lipinski definition) is 2. The van der Waals surface area contributed by atoms with Gasteiger partial charge in [0.15, 0.2) is 11.6 Å². The minimum absolute atomic E-state index is 0.118. The summed E-state index contributed by atoms with van der Waals surface area (Å²) in [6, 6.07) is 8.94. The van der Waals surface area contributed by atoms with E-state index in [-0.39, 0.29) is 27.2 Å². The van der Waals surface area contributed by atoms with Gasteiger partial charge in [0.1, 0.15) is 22.9 Å². The van der Waals surface area contributed by atoms with E-state index in [0.29, 0.717) is 30.4 Å². The molecule has 1 atom stereocenters. The number of nitrogens with zero attached hydrogens (tertiary/aromatic N) is 1. The molecule has 0 radical (unpaired) electrons. The summed E-state index contributed by atoms with van der Waals surface area (Å²) >= 11 is 0. The maximum Gasteiger partial charge on any atom is 0.168 e. The average Bonchev–Trinajstić information content (AvgIpc) is 3.03. The van der Waals surface area contributed by atoms with Gasteiger partial charge in [0, 0.05) is 40.1 Å². The van der Waals surface area contributed by atoms with Gasteiger partial charge in [-0.15, -0.1) is 0 Å². The monoisotopic (exact) mass is 736 g/mol. The number of phenols is 1. The summed E-state index contributed by atoms with van der Waals surface area (Å²) in [6.07, 6.45) is 5.06. The number of phenolic OH excluding ortho intramolecular Hbond substituents is 1. The molecule has 2 N–H and O–H groups in total. The molecule has 7 heteroatoms. The van der Waals surface area contributed by atoms with Crippen LogP contribution in [0.3, 0.4) is 0 Å². The average molecular weight is 736 g/mol. The van der Waals surface area contributed by atoms with E-state index in [0.717, 1.165) is 65.5 Å². The van der Waals surface area contributed by atoms with Gasteiger partial charge in [0.2, 0.25) is 0 Å². The molecule has 1 unspecified atom stereocenters. The Morgan fingerprint density at radius 3 is 1.32 bits per heavy atom. The summed E-state index contributed by atoms with van der Waals surface area (Å²) in [5.41, 5.74) is 1.76. The Bertz CT molecular complexity index is 1590. The van der Waals surface area contributed by atoms with E-state index in [2.05, 4.69) is 96.9 Å².